The number of carbonyl (C=O) groups excluding carboxylic acids is 1. The molecular formula is C28H21F3N2O5S. The number of nitrogens with zero attached hydrogens (tertiary/aromatic N) is 1. The van der Waals surface area contributed by atoms with Crippen LogP contribution in [0.5, 0.6) is 17.2 Å². The Morgan fingerprint density at radius 2 is 1.97 bits per heavy atom. The lowest BCUT2D eigenvalue weighted by Gasteiger charge is -2.15. The normalized spacial score (nSPS) is 12.7. The highest BCUT2D eigenvalue weighted by Crippen LogP contribution is 2.40. The molecule has 11 heteroatoms. The van der Waals surface area contributed by atoms with Gasteiger partial charge in [0.15, 0.2) is 6.61 Å². The molecule has 2 aromatic carbocycles. The third kappa shape index (κ3) is 5.20. The van der Waals surface area contributed by atoms with E-state index in [1.165, 1.54) is 29.5 Å². The van der Waals surface area contributed by atoms with Gasteiger partial charge < -0.3 is 19.2 Å². The Hall–Kier alpha value is -4.30. The minimum absolute atomic E-state index is 0.0197. The van der Waals surface area contributed by atoms with Gasteiger partial charge in [-0.2, -0.15) is 18.4 Å². The minimum Gasteiger partial charge on any atom is -0.484 e. The number of aryl methyl sites for hydroxylation is 3. The van der Waals surface area contributed by atoms with Crippen LogP contribution in [0.15, 0.2) is 45.6 Å². The van der Waals surface area contributed by atoms with E-state index < -0.39 is 35.6 Å². The van der Waals surface area contributed by atoms with E-state index >= 15 is 0 Å². The second-order valence-electron chi connectivity index (χ2n) is 9.13. The summed E-state index contributed by atoms with van der Waals surface area (Å²) in [5.41, 5.74) is 1.33. The van der Waals surface area contributed by atoms with Gasteiger partial charge in [0.05, 0.1) is 10.9 Å². The number of hydrogen-bond donors (Lipinski definition) is 1. The number of ether oxygens (including phenoxy) is 2. The minimum atomic E-state index is -5.02. The molecule has 2 heterocycles. The molecule has 1 amide bonds. The van der Waals surface area contributed by atoms with Crippen LogP contribution in [0.4, 0.5) is 18.2 Å². The first-order chi connectivity index (χ1) is 18.5. The molecule has 0 bridgehead atoms. The molecule has 5 rings (SSSR count). The van der Waals surface area contributed by atoms with Crippen molar-refractivity contribution in [1.82, 2.24) is 0 Å². The summed E-state index contributed by atoms with van der Waals surface area (Å²) < 4.78 is 57.7. The summed E-state index contributed by atoms with van der Waals surface area (Å²) in [7, 11) is 0. The zero-order valence-corrected chi connectivity index (χ0v) is 21.6. The van der Waals surface area contributed by atoms with Crippen LogP contribution in [0.2, 0.25) is 0 Å². The second kappa shape index (κ2) is 10.1. The maximum atomic E-state index is 13.9. The third-order valence-electron chi connectivity index (χ3n) is 6.29. The summed E-state index contributed by atoms with van der Waals surface area (Å²) in [6, 6.07) is 10.8. The number of halogens is 3. The van der Waals surface area contributed by atoms with Crippen LogP contribution in [-0.4, -0.2) is 12.5 Å². The van der Waals surface area contributed by atoms with Crippen LogP contribution in [0.3, 0.4) is 0 Å². The van der Waals surface area contributed by atoms with Crippen LogP contribution < -0.4 is 20.2 Å². The predicted molar refractivity (Wildman–Crippen MR) is 139 cm³/mol. The number of alkyl halides is 3. The van der Waals surface area contributed by atoms with Crippen LogP contribution in [0.25, 0.3) is 11.0 Å². The van der Waals surface area contributed by atoms with Gasteiger partial charge in [-0.1, -0.05) is 12.1 Å². The lowest BCUT2D eigenvalue weighted by Crippen LogP contribution is -2.20. The van der Waals surface area contributed by atoms with Crippen molar-refractivity contribution in [1.29, 1.82) is 5.26 Å². The average Bonchev–Trinajstić information content (AvgIpc) is 3.46. The lowest BCUT2D eigenvalue weighted by atomic mass is 10.1. The van der Waals surface area contributed by atoms with E-state index in [-0.39, 0.29) is 22.5 Å². The van der Waals surface area contributed by atoms with E-state index in [2.05, 4.69) is 11.4 Å². The van der Waals surface area contributed by atoms with Gasteiger partial charge in [0, 0.05) is 10.9 Å². The molecule has 0 saturated carbocycles. The summed E-state index contributed by atoms with van der Waals surface area (Å²) in [5, 5.41) is 12.4. The number of hydrogen-bond acceptors (Lipinski definition) is 7. The van der Waals surface area contributed by atoms with Gasteiger partial charge in [-0.3, -0.25) is 9.59 Å². The first kappa shape index (κ1) is 26.3. The first-order valence-corrected chi connectivity index (χ1v) is 12.8. The Morgan fingerprint density at radius 1 is 1.18 bits per heavy atom. The third-order valence-corrected chi connectivity index (χ3v) is 7.50. The molecule has 0 atom stereocenters. The summed E-state index contributed by atoms with van der Waals surface area (Å²) in [6.45, 7) is 2.93. The largest absolute Gasteiger partial charge is 0.484 e. The molecule has 2 aromatic heterocycles. The maximum Gasteiger partial charge on any atom is 0.453 e. The fourth-order valence-corrected chi connectivity index (χ4v) is 5.63. The van der Waals surface area contributed by atoms with E-state index in [1.54, 1.807) is 26.0 Å². The van der Waals surface area contributed by atoms with Crippen molar-refractivity contribution in [2.24, 2.45) is 0 Å². The quantitative estimate of drug-likeness (QED) is 0.286. The fraction of sp³-hybridized carbons (Fsp3) is 0.250. The van der Waals surface area contributed by atoms with Crippen LogP contribution in [-0.2, 0) is 23.8 Å². The van der Waals surface area contributed by atoms with E-state index in [0.29, 0.717) is 16.1 Å². The molecule has 7 nitrogen and oxygen atoms in total. The summed E-state index contributed by atoms with van der Waals surface area (Å²) in [5.74, 6) is -2.96. The Labute approximate surface area is 224 Å². The summed E-state index contributed by atoms with van der Waals surface area (Å²) in [4.78, 5) is 26.6. The number of nitriles is 1. The number of thiophene rings is 1. The van der Waals surface area contributed by atoms with Crippen molar-refractivity contribution in [2.75, 3.05) is 11.9 Å². The molecule has 0 spiro atoms. The fourth-order valence-electron chi connectivity index (χ4n) is 4.37. The van der Waals surface area contributed by atoms with Crippen LogP contribution in [0.1, 0.15) is 39.3 Å². The molecule has 0 unspecified atom stereocenters. The highest BCUT2D eigenvalue weighted by molar-refractivity contribution is 7.16. The van der Waals surface area contributed by atoms with Crippen molar-refractivity contribution in [3.8, 4) is 23.3 Å². The van der Waals surface area contributed by atoms with E-state index in [1.807, 2.05) is 0 Å². The highest BCUT2D eigenvalue weighted by atomic mass is 32.1. The molecule has 1 aliphatic carbocycles. The van der Waals surface area contributed by atoms with Crippen molar-refractivity contribution in [3.05, 3.63) is 79.5 Å². The van der Waals surface area contributed by atoms with Crippen molar-refractivity contribution >= 4 is 33.2 Å². The number of rotatable bonds is 6. The van der Waals surface area contributed by atoms with E-state index in [9.17, 15) is 28.0 Å². The Morgan fingerprint density at radius 3 is 2.72 bits per heavy atom. The molecular weight excluding hydrogens is 533 g/mol. The number of anilines is 1. The zero-order chi connectivity index (χ0) is 27.9. The zero-order valence-electron chi connectivity index (χ0n) is 20.8. The SMILES string of the molecule is Cc1ccc(C)c(Oc2c(C(F)(F)F)oc3cc(OCC(=O)Nc4sc5c(c4C#N)CCC5)ccc3c2=O)c1. The van der Waals surface area contributed by atoms with Crippen LogP contribution in [0, 0.1) is 25.2 Å². The number of carbonyl (C=O) groups is 1. The molecule has 4 aromatic rings. The van der Waals surface area contributed by atoms with E-state index in [0.717, 1.165) is 41.3 Å². The predicted octanol–water partition coefficient (Wildman–Crippen LogP) is 6.66. The monoisotopic (exact) mass is 554 g/mol. The van der Waals surface area contributed by atoms with Crippen molar-refractivity contribution in [3.63, 3.8) is 0 Å². The molecule has 0 aliphatic heterocycles. The topological polar surface area (TPSA) is 102 Å². The molecule has 0 radical (unpaired) electrons. The average molecular weight is 555 g/mol. The number of nitrogens with one attached hydrogen (secondary N) is 1. The van der Waals surface area contributed by atoms with Gasteiger partial charge in [0.2, 0.25) is 11.2 Å². The Bertz CT molecular complexity index is 1720. The van der Waals surface area contributed by atoms with Crippen molar-refractivity contribution < 1.29 is 31.9 Å². The Balaban J connectivity index is 1.40. The van der Waals surface area contributed by atoms with Gasteiger partial charge in [-0.25, -0.2) is 0 Å². The smallest absolute Gasteiger partial charge is 0.453 e. The molecule has 39 heavy (non-hydrogen) atoms. The molecule has 0 fully saturated rings. The van der Waals surface area contributed by atoms with E-state index in [4.69, 9.17) is 13.9 Å². The van der Waals surface area contributed by atoms with Gasteiger partial charge >= 0.3 is 6.18 Å². The first-order valence-electron chi connectivity index (χ1n) is 12.0. The van der Waals surface area contributed by atoms with Gasteiger partial charge in [0.25, 0.3) is 11.7 Å². The molecule has 200 valence electrons. The lowest BCUT2D eigenvalue weighted by molar-refractivity contribution is -0.154. The Kier molecular flexibility index (Phi) is 6.82. The van der Waals surface area contributed by atoms with Crippen molar-refractivity contribution in [2.45, 2.75) is 39.3 Å². The highest BCUT2D eigenvalue weighted by Gasteiger charge is 2.40. The second-order valence-corrected chi connectivity index (χ2v) is 10.2. The summed E-state index contributed by atoms with van der Waals surface area (Å²) >= 11 is 1.36. The molecule has 0 saturated heterocycles. The van der Waals surface area contributed by atoms with Gasteiger partial charge in [-0.05, 0) is 68.0 Å². The number of fused-ring (bicyclic) bond motifs is 2. The number of amides is 1. The van der Waals surface area contributed by atoms with Gasteiger partial charge in [-0.15, -0.1) is 11.3 Å². The molecule has 1 N–H and O–H groups in total. The standard InChI is InChI=1S/C28H21F3N2O5S/c1-14-6-7-15(2)20(10-14)37-25-24(35)18-9-8-16(11-21(18)38-26(25)28(29,30)31)36-13-23(34)33-27-19(12-32)17-4-3-5-22(17)39-27/h6-11H,3-5,13H2,1-2H3,(H,33,34). The summed E-state index contributed by atoms with van der Waals surface area (Å²) in [6.07, 6.45) is -2.39. The maximum absolute atomic E-state index is 13.9. The van der Waals surface area contributed by atoms with Crippen LogP contribution >= 0.6 is 11.3 Å². The number of benzene rings is 2. The van der Waals surface area contributed by atoms with Gasteiger partial charge in [0.1, 0.15) is 28.2 Å². The molecule has 1 aliphatic rings.